The summed E-state index contributed by atoms with van der Waals surface area (Å²) < 4.78 is 4.68. The number of hydrogen-bond acceptors (Lipinski definition) is 5. The molecule has 0 aliphatic carbocycles. The molecule has 2 N–H and O–H groups in total. The molecule has 0 bridgehead atoms. The van der Waals surface area contributed by atoms with Crippen molar-refractivity contribution in [2.75, 3.05) is 33.3 Å². The quantitative estimate of drug-likeness (QED) is 0.701. The number of piperidine rings is 2. The fourth-order valence-corrected chi connectivity index (χ4v) is 3.16. The van der Waals surface area contributed by atoms with E-state index < -0.39 is 17.7 Å². The van der Waals surface area contributed by atoms with Gasteiger partial charge in [-0.1, -0.05) is 0 Å². The third-order valence-electron chi connectivity index (χ3n) is 4.32. The Morgan fingerprint density at radius 1 is 1.25 bits per heavy atom. The summed E-state index contributed by atoms with van der Waals surface area (Å²) in [6.45, 7) is 2.12. The van der Waals surface area contributed by atoms with Crippen LogP contribution in [0, 0.1) is 0 Å². The first kappa shape index (κ1) is 15.1. The highest BCUT2D eigenvalue weighted by atomic mass is 16.5. The number of carboxylic acid groups (broad SMARTS) is 1. The molecule has 1 unspecified atom stereocenters. The van der Waals surface area contributed by atoms with E-state index in [4.69, 9.17) is 5.11 Å². The molecule has 0 aromatic rings. The van der Waals surface area contributed by atoms with Crippen molar-refractivity contribution < 1.29 is 24.5 Å². The second-order valence-electron chi connectivity index (χ2n) is 5.60. The molecule has 0 radical (unpaired) electrons. The zero-order chi connectivity index (χ0) is 14.8. The van der Waals surface area contributed by atoms with E-state index in [9.17, 15) is 14.7 Å². The normalized spacial score (nSPS) is 29.2. The van der Waals surface area contributed by atoms with Gasteiger partial charge in [-0.2, -0.15) is 0 Å². The number of amides is 1. The van der Waals surface area contributed by atoms with Gasteiger partial charge < -0.3 is 19.8 Å². The second kappa shape index (κ2) is 5.97. The van der Waals surface area contributed by atoms with Crippen LogP contribution in [0.2, 0.25) is 0 Å². The molecule has 0 aromatic heterocycles. The lowest BCUT2D eigenvalue weighted by molar-refractivity contribution is -0.169. The Bertz CT molecular complexity index is 381. The highest BCUT2D eigenvalue weighted by Gasteiger charge is 2.43. The van der Waals surface area contributed by atoms with Crippen LogP contribution in [0.1, 0.15) is 25.7 Å². The van der Waals surface area contributed by atoms with Crippen molar-refractivity contribution in [2.24, 2.45) is 0 Å². The molecule has 7 nitrogen and oxygen atoms in total. The minimum atomic E-state index is -1.42. The van der Waals surface area contributed by atoms with Crippen LogP contribution in [0.5, 0.6) is 0 Å². The molecule has 0 spiro atoms. The number of methoxy groups -OCH3 is 1. The molecule has 2 rings (SSSR count). The van der Waals surface area contributed by atoms with Crippen molar-refractivity contribution >= 4 is 12.1 Å². The van der Waals surface area contributed by atoms with Gasteiger partial charge in [0.1, 0.15) is 0 Å². The highest BCUT2D eigenvalue weighted by Crippen LogP contribution is 2.27. The molecule has 2 heterocycles. The minimum absolute atomic E-state index is 0.224. The highest BCUT2D eigenvalue weighted by molar-refractivity contribution is 5.79. The molecule has 2 fully saturated rings. The predicted octanol–water partition coefficient (Wildman–Crippen LogP) is 0.129. The van der Waals surface area contributed by atoms with E-state index in [0.717, 1.165) is 25.8 Å². The predicted molar refractivity (Wildman–Crippen MR) is 70.4 cm³/mol. The van der Waals surface area contributed by atoms with E-state index in [-0.39, 0.29) is 12.6 Å². The largest absolute Gasteiger partial charge is 0.467 e. The van der Waals surface area contributed by atoms with Gasteiger partial charge in [0.2, 0.25) is 0 Å². The van der Waals surface area contributed by atoms with Gasteiger partial charge in [-0.05, 0) is 32.2 Å². The number of β-amino-alcohol motifs (C(OH)–C–C–N with tert-alkyl or cyclic N) is 1. The second-order valence-corrected chi connectivity index (χ2v) is 5.60. The summed E-state index contributed by atoms with van der Waals surface area (Å²) in [6, 6.07) is 0.224. The van der Waals surface area contributed by atoms with Crippen molar-refractivity contribution in [3.63, 3.8) is 0 Å². The summed E-state index contributed by atoms with van der Waals surface area (Å²) in [5.74, 6) is -0.579. The van der Waals surface area contributed by atoms with Gasteiger partial charge >= 0.3 is 12.1 Å². The Kier molecular flexibility index (Phi) is 4.49. The Morgan fingerprint density at radius 2 is 1.90 bits per heavy atom. The number of carbonyl (C=O) groups is 2. The van der Waals surface area contributed by atoms with Crippen LogP contribution >= 0.6 is 0 Å². The van der Waals surface area contributed by atoms with Crippen LogP contribution in [0.4, 0.5) is 4.79 Å². The Morgan fingerprint density at radius 3 is 2.45 bits per heavy atom. The van der Waals surface area contributed by atoms with Gasteiger partial charge in [-0.15, -0.1) is 0 Å². The Hall–Kier alpha value is -1.34. The summed E-state index contributed by atoms with van der Waals surface area (Å²) >= 11 is 0. The number of aliphatic hydroxyl groups is 1. The first-order valence-corrected chi connectivity index (χ1v) is 6.99. The molecule has 2 saturated heterocycles. The van der Waals surface area contributed by atoms with E-state index in [2.05, 4.69) is 9.64 Å². The van der Waals surface area contributed by atoms with Gasteiger partial charge in [0.15, 0.2) is 5.60 Å². The zero-order valence-corrected chi connectivity index (χ0v) is 11.7. The Balaban J connectivity index is 1.93. The third kappa shape index (κ3) is 3.04. The van der Waals surface area contributed by atoms with Crippen molar-refractivity contribution in [2.45, 2.75) is 37.3 Å². The molecule has 1 amide bonds. The fraction of sp³-hybridized carbons (Fsp3) is 0.846. The van der Waals surface area contributed by atoms with Crippen LogP contribution in [0.25, 0.3) is 0 Å². The summed E-state index contributed by atoms with van der Waals surface area (Å²) in [4.78, 5) is 26.1. The lowest BCUT2D eigenvalue weighted by atomic mass is 9.90. The molecule has 114 valence electrons. The monoisotopic (exact) mass is 286 g/mol. The number of likely N-dealkylation sites (tertiary alicyclic amines) is 2. The molecule has 0 saturated carbocycles. The van der Waals surface area contributed by atoms with Gasteiger partial charge in [0.05, 0.1) is 7.11 Å². The maximum atomic E-state index is 11.7. The molecule has 2 aliphatic rings. The lowest BCUT2D eigenvalue weighted by Crippen LogP contribution is -2.57. The lowest BCUT2D eigenvalue weighted by Gasteiger charge is -2.43. The van der Waals surface area contributed by atoms with Crippen LogP contribution in [0.15, 0.2) is 0 Å². The average molecular weight is 286 g/mol. The topological polar surface area (TPSA) is 90.3 Å². The molecule has 2 aliphatic heterocycles. The fourth-order valence-electron chi connectivity index (χ4n) is 3.16. The SMILES string of the molecule is COC(=O)C1(O)CCCN(C2CCN(C(=O)O)CC2)C1. The summed E-state index contributed by atoms with van der Waals surface area (Å²) in [5, 5.41) is 19.3. The summed E-state index contributed by atoms with van der Waals surface area (Å²) in [5.41, 5.74) is -1.42. The Labute approximate surface area is 118 Å². The number of esters is 1. The van der Waals surface area contributed by atoms with Crippen molar-refractivity contribution in [1.29, 1.82) is 0 Å². The van der Waals surface area contributed by atoms with Gasteiger partial charge in [-0.25, -0.2) is 9.59 Å². The maximum Gasteiger partial charge on any atom is 0.407 e. The number of hydrogen-bond donors (Lipinski definition) is 2. The van der Waals surface area contributed by atoms with E-state index in [0.29, 0.717) is 19.5 Å². The van der Waals surface area contributed by atoms with Crippen molar-refractivity contribution in [3.8, 4) is 0 Å². The van der Waals surface area contributed by atoms with E-state index >= 15 is 0 Å². The standard InChI is InChI=1S/C13H22N2O5/c1-20-11(16)13(19)5-2-6-15(9-13)10-3-7-14(8-4-10)12(17)18/h10,19H,2-9H2,1H3,(H,17,18). The van der Waals surface area contributed by atoms with Crippen LogP contribution in [-0.2, 0) is 9.53 Å². The van der Waals surface area contributed by atoms with Crippen LogP contribution in [-0.4, -0.2) is 77.0 Å². The first-order chi connectivity index (χ1) is 9.46. The third-order valence-corrected chi connectivity index (χ3v) is 4.32. The van der Waals surface area contributed by atoms with E-state index in [1.807, 2.05) is 0 Å². The van der Waals surface area contributed by atoms with E-state index in [1.165, 1.54) is 12.0 Å². The first-order valence-electron chi connectivity index (χ1n) is 6.99. The smallest absolute Gasteiger partial charge is 0.407 e. The molecule has 20 heavy (non-hydrogen) atoms. The molecular formula is C13H22N2O5. The van der Waals surface area contributed by atoms with Gasteiger partial charge in [0, 0.05) is 25.7 Å². The zero-order valence-electron chi connectivity index (χ0n) is 11.7. The summed E-state index contributed by atoms with van der Waals surface area (Å²) in [7, 11) is 1.28. The minimum Gasteiger partial charge on any atom is -0.467 e. The van der Waals surface area contributed by atoms with Crippen molar-refractivity contribution in [1.82, 2.24) is 9.80 Å². The molecule has 7 heteroatoms. The average Bonchev–Trinajstić information content (AvgIpc) is 2.46. The number of ether oxygens (including phenoxy) is 1. The summed E-state index contributed by atoms with van der Waals surface area (Å²) in [6.07, 6.45) is 1.76. The van der Waals surface area contributed by atoms with Gasteiger partial charge in [-0.3, -0.25) is 4.90 Å². The number of nitrogens with zero attached hydrogens (tertiary/aromatic N) is 2. The van der Waals surface area contributed by atoms with Crippen LogP contribution < -0.4 is 0 Å². The van der Waals surface area contributed by atoms with E-state index in [1.54, 1.807) is 0 Å². The molecule has 1 atom stereocenters. The number of carbonyl (C=O) groups excluding carboxylic acids is 1. The van der Waals surface area contributed by atoms with Crippen LogP contribution in [0.3, 0.4) is 0 Å². The van der Waals surface area contributed by atoms with Crippen molar-refractivity contribution in [3.05, 3.63) is 0 Å². The molecule has 0 aromatic carbocycles. The van der Waals surface area contributed by atoms with Gasteiger partial charge in [0.25, 0.3) is 0 Å². The number of rotatable bonds is 2. The molecular weight excluding hydrogens is 264 g/mol. The maximum absolute atomic E-state index is 11.7.